The monoisotopic (exact) mass is 494 g/mol. The minimum absolute atomic E-state index is 0.0453. The van der Waals surface area contributed by atoms with Gasteiger partial charge in [-0.3, -0.25) is 0 Å². The molecule has 3 heterocycles. The number of imidazole rings is 1. The Kier molecular flexibility index (Phi) is 7.73. The highest BCUT2D eigenvalue weighted by Crippen LogP contribution is 2.31. The smallest absolute Gasteiger partial charge is 0.262 e. The molecule has 3 atom stereocenters. The van der Waals surface area contributed by atoms with Crippen molar-refractivity contribution in [3.8, 4) is 0 Å². The van der Waals surface area contributed by atoms with E-state index >= 15 is 0 Å². The van der Waals surface area contributed by atoms with E-state index in [0.29, 0.717) is 13.1 Å². The molecule has 2 aliphatic heterocycles. The second kappa shape index (κ2) is 10.4. The van der Waals surface area contributed by atoms with Gasteiger partial charge >= 0.3 is 0 Å². The molecule has 1 N–H and O–H groups in total. The molecule has 0 bridgehead atoms. The molecule has 0 saturated carbocycles. The zero-order chi connectivity index (χ0) is 24.3. The van der Waals surface area contributed by atoms with Gasteiger partial charge in [0.05, 0.1) is 18.5 Å². The number of hydrogen-bond acceptors (Lipinski definition) is 6. The number of ether oxygens (including phenoxy) is 2. The van der Waals surface area contributed by atoms with Gasteiger partial charge in [-0.15, -0.1) is 0 Å². The predicted molar refractivity (Wildman–Crippen MR) is 126 cm³/mol. The van der Waals surface area contributed by atoms with Gasteiger partial charge in [0.2, 0.25) is 0 Å². The van der Waals surface area contributed by atoms with Crippen LogP contribution in [0.1, 0.15) is 51.0 Å². The van der Waals surface area contributed by atoms with Crippen molar-refractivity contribution in [2.75, 3.05) is 26.2 Å². The lowest BCUT2D eigenvalue weighted by atomic mass is 9.94. The van der Waals surface area contributed by atoms with E-state index in [1.165, 1.54) is 29.0 Å². The third-order valence-electron chi connectivity index (χ3n) is 6.60. The lowest BCUT2D eigenvalue weighted by Gasteiger charge is -2.36. The van der Waals surface area contributed by atoms with Gasteiger partial charge in [-0.2, -0.15) is 4.31 Å². The summed E-state index contributed by atoms with van der Waals surface area (Å²) in [4.78, 5) is 4.05. The highest BCUT2D eigenvalue weighted by Gasteiger charge is 2.40. The van der Waals surface area contributed by atoms with Gasteiger partial charge in [-0.25, -0.2) is 17.8 Å². The number of unbranched alkanes of at least 4 members (excludes halogenated alkanes) is 1. The molecule has 2 aliphatic rings. The summed E-state index contributed by atoms with van der Waals surface area (Å²) in [6.07, 6.45) is 6.42. The van der Waals surface area contributed by atoms with E-state index in [9.17, 15) is 12.8 Å². The zero-order valence-electron chi connectivity index (χ0n) is 20.1. The maximum Gasteiger partial charge on any atom is 0.262 e. The van der Waals surface area contributed by atoms with Gasteiger partial charge in [0.1, 0.15) is 5.82 Å². The van der Waals surface area contributed by atoms with Crippen LogP contribution in [0.15, 0.2) is 41.8 Å². The molecule has 0 spiro atoms. The SMILES string of the molecule is Cn1cnc(S(=O)(=O)N2C[C@H](NCCCCC3OCCC(C)(C)O3)[C@@H](c3ccc(F)cc3)C2)c1. The number of halogens is 1. The highest BCUT2D eigenvalue weighted by atomic mass is 32.2. The third kappa shape index (κ3) is 6.04. The molecule has 2 saturated heterocycles. The molecule has 2 fully saturated rings. The van der Waals surface area contributed by atoms with Gasteiger partial charge in [0.15, 0.2) is 11.3 Å². The van der Waals surface area contributed by atoms with Gasteiger partial charge < -0.3 is 19.4 Å². The molecule has 1 aromatic carbocycles. The maximum absolute atomic E-state index is 13.5. The maximum atomic E-state index is 13.5. The predicted octanol–water partition coefficient (Wildman–Crippen LogP) is 3.02. The van der Waals surface area contributed by atoms with Gasteiger partial charge in [-0.05, 0) is 63.8 Å². The normalized spacial score (nSPS) is 25.6. The van der Waals surface area contributed by atoms with Crippen molar-refractivity contribution in [2.45, 2.75) is 68.4 Å². The van der Waals surface area contributed by atoms with Crippen molar-refractivity contribution in [1.82, 2.24) is 19.2 Å². The lowest BCUT2D eigenvalue weighted by Crippen LogP contribution is -2.39. The third-order valence-corrected chi connectivity index (χ3v) is 8.32. The van der Waals surface area contributed by atoms with Crippen molar-refractivity contribution >= 4 is 10.0 Å². The van der Waals surface area contributed by atoms with Crippen molar-refractivity contribution < 1.29 is 22.3 Å². The molecule has 34 heavy (non-hydrogen) atoms. The first-order valence-electron chi connectivity index (χ1n) is 11.9. The molecule has 8 nitrogen and oxygen atoms in total. The van der Waals surface area contributed by atoms with Crippen LogP contribution in [-0.4, -0.2) is 66.4 Å². The van der Waals surface area contributed by atoms with E-state index in [2.05, 4.69) is 24.1 Å². The second-order valence-electron chi connectivity index (χ2n) is 9.84. The summed E-state index contributed by atoms with van der Waals surface area (Å²) in [6.45, 7) is 6.30. The Labute approximate surface area is 201 Å². The van der Waals surface area contributed by atoms with Crippen LogP contribution in [0.25, 0.3) is 0 Å². The fourth-order valence-electron chi connectivity index (χ4n) is 4.62. The summed E-state index contributed by atoms with van der Waals surface area (Å²) in [5, 5.41) is 3.60. The number of sulfonamides is 1. The molecule has 188 valence electrons. The van der Waals surface area contributed by atoms with E-state index in [-0.39, 0.29) is 34.7 Å². The zero-order valence-corrected chi connectivity index (χ0v) is 20.9. The van der Waals surface area contributed by atoms with Crippen molar-refractivity contribution in [2.24, 2.45) is 7.05 Å². The Morgan fingerprint density at radius 2 is 1.97 bits per heavy atom. The molecule has 1 aromatic heterocycles. The number of hydrogen-bond donors (Lipinski definition) is 1. The molecule has 0 aliphatic carbocycles. The molecule has 10 heteroatoms. The molecule has 4 rings (SSSR count). The molecule has 0 radical (unpaired) electrons. The quantitative estimate of drug-likeness (QED) is 0.540. The van der Waals surface area contributed by atoms with Crippen LogP contribution in [0.5, 0.6) is 0 Å². The number of benzene rings is 1. The number of nitrogens with one attached hydrogen (secondary N) is 1. The summed E-state index contributed by atoms with van der Waals surface area (Å²) < 4.78 is 54.6. The Morgan fingerprint density at radius 1 is 1.21 bits per heavy atom. The summed E-state index contributed by atoms with van der Waals surface area (Å²) in [5.74, 6) is -0.385. The summed E-state index contributed by atoms with van der Waals surface area (Å²) in [5.41, 5.74) is 0.777. The minimum atomic E-state index is -3.71. The van der Waals surface area contributed by atoms with Crippen LogP contribution in [0, 0.1) is 5.82 Å². The Bertz CT molecular complexity index is 1060. The van der Waals surface area contributed by atoms with E-state index < -0.39 is 10.0 Å². The van der Waals surface area contributed by atoms with Crippen LogP contribution in [-0.2, 0) is 26.5 Å². The molecular weight excluding hydrogens is 459 g/mol. The average Bonchev–Trinajstić information content (AvgIpc) is 3.41. The topological polar surface area (TPSA) is 85.7 Å². The Morgan fingerprint density at radius 3 is 2.65 bits per heavy atom. The fraction of sp³-hybridized carbons (Fsp3) is 0.625. The van der Waals surface area contributed by atoms with Gasteiger partial charge in [0, 0.05) is 38.3 Å². The first kappa shape index (κ1) is 25.2. The Hall–Kier alpha value is -1.85. The molecule has 2 aromatic rings. The lowest BCUT2D eigenvalue weighted by molar-refractivity contribution is -0.246. The van der Waals surface area contributed by atoms with Crippen LogP contribution in [0.2, 0.25) is 0 Å². The van der Waals surface area contributed by atoms with E-state index in [1.807, 2.05) is 0 Å². The first-order chi connectivity index (χ1) is 16.1. The number of aromatic nitrogens is 2. The molecule has 0 amide bonds. The van der Waals surface area contributed by atoms with Crippen molar-refractivity contribution in [1.29, 1.82) is 0 Å². The number of nitrogens with zero attached hydrogens (tertiary/aromatic N) is 3. The Balaban J connectivity index is 1.37. The second-order valence-corrected chi connectivity index (χ2v) is 11.7. The van der Waals surface area contributed by atoms with Crippen LogP contribution >= 0.6 is 0 Å². The fourth-order valence-corrected chi connectivity index (χ4v) is 6.08. The van der Waals surface area contributed by atoms with Gasteiger partial charge in [-0.1, -0.05) is 12.1 Å². The molecule has 1 unspecified atom stereocenters. The summed E-state index contributed by atoms with van der Waals surface area (Å²) in [7, 11) is -1.96. The number of aryl methyl sites for hydroxylation is 1. The first-order valence-corrected chi connectivity index (χ1v) is 13.3. The largest absolute Gasteiger partial charge is 0.353 e. The van der Waals surface area contributed by atoms with E-state index in [1.54, 1.807) is 23.7 Å². The van der Waals surface area contributed by atoms with Crippen molar-refractivity contribution in [3.05, 3.63) is 48.2 Å². The number of rotatable bonds is 9. The average molecular weight is 495 g/mol. The summed E-state index contributed by atoms with van der Waals surface area (Å²) in [6, 6.07) is 6.25. The van der Waals surface area contributed by atoms with Crippen LogP contribution in [0.3, 0.4) is 0 Å². The molecular formula is C24H35FN4O4S. The minimum Gasteiger partial charge on any atom is -0.353 e. The van der Waals surface area contributed by atoms with Crippen molar-refractivity contribution in [3.63, 3.8) is 0 Å². The highest BCUT2D eigenvalue weighted by molar-refractivity contribution is 7.89. The standard InChI is InChI=1S/C24H35FN4O4S/c1-24(2)11-13-32-23(33-24)6-4-5-12-26-21-15-29(34(30,31)22-16-28(3)17-27-22)14-20(21)18-7-9-19(25)10-8-18/h7-10,16-17,20-21,23,26H,4-6,11-15H2,1-3H3/t20-,21+,23?/m1/s1. The van der Waals surface area contributed by atoms with Crippen LogP contribution < -0.4 is 5.32 Å². The van der Waals surface area contributed by atoms with Gasteiger partial charge in [0.25, 0.3) is 10.0 Å². The van der Waals surface area contributed by atoms with Crippen LogP contribution in [0.4, 0.5) is 4.39 Å². The summed E-state index contributed by atoms with van der Waals surface area (Å²) >= 11 is 0. The van der Waals surface area contributed by atoms with E-state index in [4.69, 9.17) is 9.47 Å². The van der Waals surface area contributed by atoms with E-state index in [0.717, 1.165) is 44.4 Å².